The summed E-state index contributed by atoms with van der Waals surface area (Å²) in [4.78, 5) is 15.8. The van der Waals surface area contributed by atoms with Crippen molar-refractivity contribution < 1.29 is 4.79 Å². The molecule has 21 heavy (non-hydrogen) atoms. The SMILES string of the molecule is CC(C)Sc1ccc(C(=O)N2CCCC(C(C)N)C2)cc1. The first-order valence-corrected chi connectivity index (χ1v) is 8.67. The predicted molar refractivity (Wildman–Crippen MR) is 89.7 cm³/mol. The third-order valence-corrected chi connectivity index (χ3v) is 4.98. The van der Waals surface area contributed by atoms with Crippen LogP contribution in [-0.4, -0.2) is 35.2 Å². The number of hydrogen-bond donors (Lipinski definition) is 1. The highest BCUT2D eigenvalue weighted by molar-refractivity contribution is 7.99. The van der Waals surface area contributed by atoms with Gasteiger partial charge in [-0.3, -0.25) is 4.79 Å². The van der Waals surface area contributed by atoms with Crippen LogP contribution in [-0.2, 0) is 0 Å². The molecule has 116 valence electrons. The van der Waals surface area contributed by atoms with Gasteiger partial charge in [-0.05, 0) is 49.9 Å². The lowest BCUT2D eigenvalue weighted by molar-refractivity contribution is 0.0661. The van der Waals surface area contributed by atoms with Gasteiger partial charge in [-0.25, -0.2) is 0 Å². The molecule has 0 saturated carbocycles. The van der Waals surface area contributed by atoms with Gasteiger partial charge in [0, 0.05) is 34.8 Å². The quantitative estimate of drug-likeness (QED) is 0.867. The van der Waals surface area contributed by atoms with Crippen LogP contribution in [0.3, 0.4) is 0 Å². The van der Waals surface area contributed by atoms with Gasteiger partial charge in [0.2, 0.25) is 0 Å². The Kier molecular flexibility index (Phi) is 5.71. The third kappa shape index (κ3) is 4.48. The molecular formula is C17H26N2OS. The van der Waals surface area contributed by atoms with Crippen LogP contribution in [0, 0.1) is 5.92 Å². The van der Waals surface area contributed by atoms with Crippen LogP contribution in [0.5, 0.6) is 0 Å². The van der Waals surface area contributed by atoms with Crippen molar-refractivity contribution in [2.24, 2.45) is 11.7 Å². The molecule has 1 aromatic carbocycles. The normalized spacial score (nSPS) is 20.6. The largest absolute Gasteiger partial charge is 0.338 e. The molecule has 1 aliphatic heterocycles. The van der Waals surface area contributed by atoms with Gasteiger partial charge in [-0.15, -0.1) is 11.8 Å². The molecule has 2 N–H and O–H groups in total. The fourth-order valence-corrected chi connectivity index (χ4v) is 3.59. The Labute approximate surface area is 132 Å². The van der Waals surface area contributed by atoms with E-state index in [1.807, 2.05) is 47.9 Å². The zero-order valence-electron chi connectivity index (χ0n) is 13.2. The number of nitrogens with two attached hydrogens (primary N) is 1. The average molecular weight is 306 g/mol. The highest BCUT2D eigenvalue weighted by Gasteiger charge is 2.26. The average Bonchev–Trinajstić information content (AvgIpc) is 2.47. The van der Waals surface area contributed by atoms with E-state index in [9.17, 15) is 4.79 Å². The molecule has 1 aliphatic rings. The standard InChI is InChI=1S/C17H26N2OS/c1-12(2)21-16-8-6-14(7-9-16)17(20)19-10-4-5-15(11-19)13(3)18/h6-9,12-13,15H,4-5,10-11,18H2,1-3H3. The molecule has 3 nitrogen and oxygen atoms in total. The Hall–Kier alpha value is -1.00. The van der Waals surface area contributed by atoms with E-state index in [1.54, 1.807) is 0 Å². The fraction of sp³-hybridized carbons (Fsp3) is 0.588. The number of nitrogens with zero attached hydrogens (tertiary/aromatic N) is 1. The smallest absolute Gasteiger partial charge is 0.253 e. The van der Waals surface area contributed by atoms with E-state index in [-0.39, 0.29) is 11.9 Å². The molecule has 1 amide bonds. The summed E-state index contributed by atoms with van der Waals surface area (Å²) in [5.41, 5.74) is 6.78. The van der Waals surface area contributed by atoms with Crippen molar-refractivity contribution in [1.29, 1.82) is 0 Å². The van der Waals surface area contributed by atoms with Gasteiger partial charge in [-0.2, -0.15) is 0 Å². The molecule has 1 heterocycles. The molecule has 0 spiro atoms. The number of piperidine rings is 1. The van der Waals surface area contributed by atoms with Gasteiger partial charge >= 0.3 is 0 Å². The van der Waals surface area contributed by atoms with E-state index in [1.165, 1.54) is 4.90 Å². The number of carbonyl (C=O) groups excluding carboxylic acids is 1. The molecule has 0 aliphatic carbocycles. The summed E-state index contributed by atoms with van der Waals surface area (Å²) in [7, 11) is 0. The first-order valence-electron chi connectivity index (χ1n) is 7.79. The predicted octanol–water partition coefficient (Wildman–Crippen LogP) is 3.39. The van der Waals surface area contributed by atoms with Gasteiger partial charge in [-0.1, -0.05) is 13.8 Å². The Morgan fingerprint density at radius 1 is 1.29 bits per heavy atom. The molecule has 0 aromatic heterocycles. The van der Waals surface area contributed by atoms with Crippen LogP contribution in [0.1, 0.15) is 44.0 Å². The van der Waals surface area contributed by atoms with Gasteiger partial charge in [0.1, 0.15) is 0 Å². The van der Waals surface area contributed by atoms with Gasteiger partial charge in [0.15, 0.2) is 0 Å². The summed E-state index contributed by atoms with van der Waals surface area (Å²) < 4.78 is 0. The third-order valence-electron chi connectivity index (χ3n) is 3.96. The monoisotopic (exact) mass is 306 g/mol. The Morgan fingerprint density at radius 2 is 1.95 bits per heavy atom. The van der Waals surface area contributed by atoms with Gasteiger partial charge < -0.3 is 10.6 Å². The Bertz CT molecular complexity index is 470. The van der Waals surface area contributed by atoms with Crippen LogP contribution in [0.2, 0.25) is 0 Å². The van der Waals surface area contributed by atoms with Crippen molar-refractivity contribution in [2.45, 2.75) is 49.8 Å². The van der Waals surface area contributed by atoms with E-state index in [0.717, 1.165) is 31.5 Å². The summed E-state index contributed by atoms with van der Waals surface area (Å²) in [6.07, 6.45) is 2.19. The highest BCUT2D eigenvalue weighted by atomic mass is 32.2. The van der Waals surface area contributed by atoms with E-state index in [4.69, 9.17) is 5.73 Å². The van der Waals surface area contributed by atoms with E-state index >= 15 is 0 Å². The second-order valence-electron chi connectivity index (χ2n) is 6.20. The lowest BCUT2D eigenvalue weighted by Crippen LogP contribution is -2.45. The maximum atomic E-state index is 12.6. The minimum atomic E-state index is 0.140. The number of thioether (sulfide) groups is 1. The van der Waals surface area contributed by atoms with E-state index in [2.05, 4.69) is 13.8 Å². The first kappa shape index (κ1) is 16.4. The minimum absolute atomic E-state index is 0.140. The molecule has 1 saturated heterocycles. The van der Waals surface area contributed by atoms with E-state index < -0.39 is 0 Å². The number of likely N-dealkylation sites (tertiary alicyclic amines) is 1. The van der Waals surface area contributed by atoms with Gasteiger partial charge in [0.05, 0.1) is 0 Å². The molecular weight excluding hydrogens is 280 g/mol. The summed E-state index contributed by atoms with van der Waals surface area (Å²) in [5, 5.41) is 0.556. The van der Waals surface area contributed by atoms with Crippen molar-refractivity contribution in [2.75, 3.05) is 13.1 Å². The zero-order chi connectivity index (χ0) is 15.4. The maximum Gasteiger partial charge on any atom is 0.253 e. The Morgan fingerprint density at radius 3 is 2.52 bits per heavy atom. The van der Waals surface area contributed by atoms with Crippen LogP contribution in [0.4, 0.5) is 0 Å². The summed E-state index contributed by atoms with van der Waals surface area (Å²) in [6.45, 7) is 8.03. The van der Waals surface area contributed by atoms with Crippen molar-refractivity contribution in [3.05, 3.63) is 29.8 Å². The molecule has 2 rings (SSSR count). The van der Waals surface area contributed by atoms with Gasteiger partial charge in [0.25, 0.3) is 5.91 Å². The fourth-order valence-electron chi connectivity index (χ4n) is 2.75. The van der Waals surface area contributed by atoms with Crippen LogP contribution >= 0.6 is 11.8 Å². The second kappa shape index (κ2) is 7.32. The molecule has 2 atom stereocenters. The number of amides is 1. The zero-order valence-corrected chi connectivity index (χ0v) is 14.0. The number of rotatable bonds is 4. The lowest BCUT2D eigenvalue weighted by atomic mass is 9.92. The summed E-state index contributed by atoms with van der Waals surface area (Å²) in [5.74, 6) is 0.569. The lowest BCUT2D eigenvalue weighted by Gasteiger charge is -2.34. The van der Waals surface area contributed by atoms with Crippen molar-refractivity contribution in [3.63, 3.8) is 0 Å². The first-order chi connectivity index (χ1) is 9.97. The van der Waals surface area contributed by atoms with Crippen LogP contribution in [0.15, 0.2) is 29.2 Å². The highest BCUT2D eigenvalue weighted by Crippen LogP contribution is 2.24. The van der Waals surface area contributed by atoms with Crippen LogP contribution < -0.4 is 5.73 Å². The topological polar surface area (TPSA) is 46.3 Å². The number of hydrogen-bond acceptors (Lipinski definition) is 3. The number of carbonyl (C=O) groups is 1. The van der Waals surface area contributed by atoms with E-state index in [0.29, 0.717) is 11.2 Å². The van der Waals surface area contributed by atoms with Crippen LogP contribution in [0.25, 0.3) is 0 Å². The number of benzene rings is 1. The molecule has 4 heteroatoms. The summed E-state index contributed by atoms with van der Waals surface area (Å²) >= 11 is 1.82. The molecule has 0 radical (unpaired) electrons. The van der Waals surface area contributed by atoms with Crippen molar-refractivity contribution in [3.8, 4) is 0 Å². The minimum Gasteiger partial charge on any atom is -0.338 e. The molecule has 1 fully saturated rings. The summed E-state index contributed by atoms with van der Waals surface area (Å²) in [6, 6.07) is 8.14. The second-order valence-corrected chi connectivity index (χ2v) is 7.85. The van der Waals surface area contributed by atoms with Crippen molar-refractivity contribution >= 4 is 17.7 Å². The molecule has 2 unspecified atom stereocenters. The molecule has 0 bridgehead atoms. The molecule has 1 aromatic rings. The Balaban J connectivity index is 2.02. The van der Waals surface area contributed by atoms with Crippen molar-refractivity contribution in [1.82, 2.24) is 4.90 Å². The maximum absolute atomic E-state index is 12.6.